The fourth-order valence-electron chi connectivity index (χ4n) is 2.17. The quantitative estimate of drug-likeness (QED) is 0.807. The molecule has 1 aliphatic carbocycles. The molecule has 1 saturated carbocycles. The van der Waals surface area contributed by atoms with E-state index in [1.807, 2.05) is 0 Å². The van der Waals surface area contributed by atoms with Gasteiger partial charge >= 0.3 is 5.97 Å². The summed E-state index contributed by atoms with van der Waals surface area (Å²) >= 11 is 1.16. The first-order chi connectivity index (χ1) is 8.15. The number of rotatable bonds is 4. The summed E-state index contributed by atoms with van der Waals surface area (Å²) in [6.07, 6.45) is 4.78. The van der Waals surface area contributed by atoms with E-state index in [0.29, 0.717) is 11.1 Å². The monoisotopic (exact) mass is 255 g/mol. The van der Waals surface area contributed by atoms with Crippen molar-refractivity contribution in [3.63, 3.8) is 0 Å². The van der Waals surface area contributed by atoms with Gasteiger partial charge in [0.05, 0.1) is 5.75 Å². The van der Waals surface area contributed by atoms with Gasteiger partial charge in [-0.05, 0) is 18.8 Å². The van der Waals surface area contributed by atoms with Crippen molar-refractivity contribution in [3.8, 4) is 0 Å². The molecule has 1 aliphatic rings. The standard InChI is InChI=1S/C11H17N3O2S/c1-7-2-4-8(5-3-7)10-12-11(14-13-10)17-6-9(15)16/h7-8H,2-6H2,1H3,(H,15,16)(H,12,13,14). The van der Waals surface area contributed by atoms with Crippen molar-refractivity contribution < 1.29 is 9.90 Å². The molecule has 5 nitrogen and oxygen atoms in total. The number of carboxylic acid groups (broad SMARTS) is 1. The molecule has 0 aliphatic heterocycles. The van der Waals surface area contributed by atoms with Crippen LogP contribution in [-0.4, -0.2) is 32.0 Å². The lowest BCUT2D eigenvalue weighted by atomic mass is 9.83. The molecule has 2 rings (SSSR count). The van der Waals surface area contributed by atoms with Crippen LogP contribution in [0.5, 0.6) is 0 Å². The summed E-state index contributed by atoms with van der Waals surface area (Å²) < 4.78 is 0. The van der Waals surface area contributed by atoms with Crippen molar-refractivity contribution in [1.82, 2.24) is 15.2 Å². The Bertz CT molecular complexity index is 386. The summed E-state index contributed by atoms with van der Waals surface area (Å²) in [4.78, 5) is 14.8. The number of carboxylic acids is 1. The van der Waals surface area contributed by atoms with Gasteiger partial charge in [-0.2, -0.15) is 0 Å². The Kier molecular flexibility index (Phi) is 4.04. The molecule has 0 unspecified atom stereocenters. The molecule has 17 heavy (non-hydrogen) atoms. The van der Waals surface area contributed by atoms with Crippen LogP contribution in [0.4, 0.5) is 0 Å². The Balaban J connectivity index is 1.91. The maximum atomic E-state index is 10.4. The van der Waals surface area contributed by atoms with E-state index < -0.39 is 5.97 Å². The highest BCUT2D eigenvalue weighted by Gasteiger charge is 2.22. The van der Waals surface area contributed by atoms with Crippen molar-refractivity contribution in [2.45, 2.75) is 43.7 Å². The summed E-state index contributed by atoms with van der Waals surface area (Å²) in [5.41, 5.74) is 0. The summed E-state index contributed by atoms with van der Waals surface area (Å²) in [5, 5.41) is 16.1. The minimum atomic E-state index is -0.840. The average Bonchev–Trinajstić information content (AvgIpc) is 2.76. The van der Waals surface area contributed by atoms with E-state index in [4.69, 9.17) is 5.11 Å². The second-order valence-corrected chi connectivity index (χ2v) is 5.58. The van der Waals surface area contributed by atoms with Gasteiger partial charge in [0.1, 0.15) is 5.82 Å². The lowest BCUT2D eigenvalue weighted by molar-refractivity contribution is -0.133. The van der Waals surface area contributed by atoms with Crippen LogP contribution in [0, 0.1) is 5.92 Å². The highest BCUT2D eigenvalue weighted by atomic mass is 32.2. The summed E-state index contributed by atoms with van der Waals surface area (Å²) in [6.45, 7) is 2.28. The van der Waals surface area contributed by atoms with E-state index in [1.54, 1.807) is 0 Å². The van der Waals surface area contributed by atoms with Gasteiger partial charge in [-0.15, -0.1) is 5.10 Å². The molecule has 0 aromatic carbocycles. The molecule has 6 heteroatoms. The van der Waals surface area contributed by atoms with E-state index in [9.17, 15) is 4.79 Å². The molecule has 0 radical (unpaired) electrons. The first kappa shape index (κ1) is 12.4. The second-order valence-electron chi connectivity index (χ2n) is 4.64. The van der Waals surface area contributed by atoms with Crippen molar-refractivity contribution in [2.75, 3.05) is 5.75 Å². The number of aromatic nitrogens is 3. The zero-order valence-electron chi connectivity index (χ0n) is 9.85. The number of carbonyl (C=O) groups is 1. The zero-order chi connectivity index (χ0) is 12.3. The largest absolute Gasteiger partial charge is 0.481 e. The molecule has 0 amide bonds. The Labute approximate surface area is 104 Å². The van der Waals surface area contributed by atoms with Crippen LogP contribution in [0.15, 0.2) is 5.16 Å². The Hall–Kier alpha value is -1.04. The number of aliphatic carboxylic acids is 1. The van der Waals surface area contributed by atoms with Crippen molar-refractivity contribution in [3.05, 3.63) is 5.82 Å². The molecule has 2 N–H and O–H groups in total. The van der Waals surface area contributed by atoms with E-state index in [0.717, 1.165) is 36.3 Å². The van der Waals surface area contributed by atoms with E-state index in [1.165, 1.54) is 12.8 Å². The van der Waals surface area contributed by atoms with E-state index >= 15 is 0 Å². The zero-order valence-corrected chi connectivity index (χ0v) is 10.7. The van der Waals surface area contributed by atoms with Gasteiger partial charge in [-0.3, -0.25) is 9.89 Å². The number of nitrogens with zero attached hydrogens (tertiary/aromatic N) is 2. The maximum Gasteiger partial charge on any atom is 0.313 e. The number of nitrogens with one attached hydrogen (secondary N) is 1. The molecular weight excluding hydrogens is 238 g/mol. The third-order valence-electron chi connectivity index (χ3n) is 3.21. The van der Waals surface area contributed by atoms with Gasteiger partial charge in [0, 0.05) is 5.92 Å². The molecule has 94 valence electrons. The van der Waals surface area contributed by atoms with Gasteiger partial charge in [0.15, 0.2) is 0 Å². The van der Waals surface area contributed by atoms with Gasteiger partial charge in [-0.1, -0.05) is 31.5 Å². The number of hydrogen-bond donors (Lipinski definition) is 2. The number of hydrogen-bond acceptors (Lipinski definition) is 4. The molecule has 1 heterocycles. The van der Waals surface area contributed by atoms with E-state index in [2.05, 4.69) is 22.1 Å². The smallest absolute Gasteiger partial charge is 0.313 e. The minimum absolute atomic E-state index is 0.0129. The van der Waals surface area contributed by atoms with Crippen LogP contribution in [0.2, 0.25) is 0 Å². The van der Waals surface area contributed by atoms with Crippen molar-refractivity contribution in [2.24, 2.45) is 5.92 Å². The topological polar surface area (TPSA) is 78.9 Å². The fourth-order valence-corrected chi connectivity index (χ4v) is 2.69. The second kappa shape index (κ2) is 5.53. The normalized spacial score (nSPS) is 24.8. The highest BCUT2D eigenvalue weighted by molar-refractivity contribution is 7.99. The van der Waals surface area contributed by atoms with Crippen LogP contribution in [-0.2, 0) is 4.79 Å². The van der Waals surface area contributed by atoms with Gasteiger partial charge in [0.2, 0.25) is 5.16 Å². The van der Waals surface area contributed by atoms with E-state index in [-0.39, 0.29) is 5.75 Å². The van der Waals surface area contributed by atoms with Crippen LogP contribution in [0.1, 0.15) is 44.3 Å². The number of aromatic amines is 1. The first-order valence-corrected chi connectivity index (χ1v) is 6.90. The van der Waals surface area contributed by atoms with Crippen LogP contribution in [0.3, 0.4) is 0 Å². The molecule has 1 aromatic heterocycles. The van der Waals surface area contributed by atoms with Gasteiger partial charge in [0.25, 0.3) is 0 Å². The summed E-state index contributed by atoms with van der Waals surface area (Å²) in [5.74, 6) is 1.38. The van der Waals surface area contributed by atoms with Crippen molar-refractivity contribution in [1.29, 1.82) is 0 Å². The SMILES string of the molecule is CC1CCC(c2nc(SCC(=O)O)n[nH]2)CC1. The summed E-state index contributed by atoms with van der Waals surface area (Å²) in [7, 11) is 0. The molecule has 0 spiro atoms. The Morgan fingerprint density at radius 1 is 1.47 bits per heavy atom. The number of H-pyrrole nitrogens is 1. The van der Waals surface area contributed by atoms with Crippen LogP contribution < -0.4 is 0 Å². The third-order valence-corrected chi connectivity index (χ3v) is 4.04. The van der Waals surface area contributed by atoms with Crippen LogP contribution in [0.25, 0.3) is 0 Å². The lowest BCUT2D eigenvalue weighted by Crippen LogP contribution is -2.12. The first-order valence-electron chi connectivity index (χ1n) is 5.92. The van der Waals surface area contributed by atoms with Crippen LogP contribution >= 0.6 is 11.8 Å². The molecule has 0 saturated heterocycles. The Morgan fingerprint density at radius 3 is 2.82 bits per heavy atom. The van der Waals surface area contributed by atoms with Gasteiger partial charge < -0.3 is 5.11 Å². The maximum absolute atomic E-state index is 10.4. The number of thioether (sulfide) groups is 1. The predicted molar refractivity (Wildman–Crippen MR) is 65.1 cm³/mol. The molecule has 0 bridgehead atoms. The predicted octanol–water partition coefficient (Wildman–Crippen LogP) is 2.28. The summed E-state index contributed by atoms with van der Waals surface area (Å²) in [6, 6.07) is 0. The third kappa shape index (κ3) is 3.46. The highest BCUT2D eigenvalue weighted by Crippen LogP contribution is 2.34. The Morgan fingerprint density at radius 2 is 2.18 bits per heavy atom. The average molecular weight is 255 g/mol. The molecule has 1 aromatic rings. The minimum Gasteiger partial charge on any atom is -0.481 e. The fraction of sp³-hybridized carbons (Fsp3) is 0.727. The van der Waals surface area contributed by atoms with Crippen molar-refractivity contribution >= 4 is 17.7 Å². The molecular formula is C11H17N3O2S. The van der Waals surface area contributed by atoms with Gasteiger partial charge in [-0.25, -0.2) is 4.98 Å². The molecule has 0 atom stereocenters. The lowest BCUT2D eigenvalue weighted by Gasteiger charge is -2.24. The molecule has 1 fully saturated rings.